The van der Waals surface area contributed by atoms with Gasteiger partial charge in [0.05, 0.1) is 0 Å². The molecule has 0 fully saturated rings. The molecule has 1 aromatic rings. The number of allylic oxidation sites excluding steroid dienone is 1. The van der Waals surface area contributed by atoms with Crippen molar-refractivity contribution in [2.24, 2.45) is 0 Å². The minimum absolute atomic E-state index is 0.698. The van der Waals surface area contributed by atoms with E-state index in [0.717, 1.165) is 29.0 Å². The van der Waals surface area contributed by atoms with Crippen LogP contribution < -0.4 is 5.73 Å². The minimum atomic E-state index is 0.698. The first-order valence-corrected chi connectivity index (χ1v) is 5.49. The Morgan fingerprint density at radius 1 is 1.50 bits per heavy atom. The molecule has 0 atom stereocenters. The van der Waals surface area contributed by atoms with Gasteiger partial charge in [-0.25, -0.2) is 0 Å². The maximum Gasteiger partial charge on any atom is 0.0498 e. The Morgan fingerprint density at radius 2 is 2.21 bits per heavy atom. The molecule has 0 saturated heterocycles. The normalized spacial score (nSPS) is 11.1. The van der Waals surface area contributed by atoms with Gasteiger partial charge in [-0.1, -0.05) is 23.8 Å². The van der Waals surface area contributed by atoms with Crippen molar-refractivity contribution in [2.75, 3.05) is 11.5 Å². The third-order valence-electron chi connectivity index (χ3n) is 1.98. The zero-order chi connectivity index (χ0) is 10.6. The fourth-order valence-electron chi connectivity index (χ4n) is 1.13. The minimum Gasteiger partial charge on any atom is -0.398 e. The quantitative estimate of drug-likeness (QED) is 0.599. The molecule has 0 aliphatic carbocycles. The van der Waals surface area contributed by atoms with Crippen molar-refractivity contribution in [1.29, 1.82) is 0 Å². The lowest BCUT2D eigenvalue weighted by Crippen LogP contribution is -1.90. The van der Waals surface area contributed by atoms with Crippen LogP contribution in [0.1, 0.15) is 17.5 Å². The molecule has 0 unspecified atom stereocenters. The number of hydrogen-bond donors (Lipinski definition) is 2. The van der Waals surface area contributed by atoms with Crippen LogP contribution in [0.2, 0.25) is 5.02 Å². The Labute approximate surface area is 95.4 Å². The van der Waals surface area contributed by atoms with Gasteiger partial charge in [0.1, 0.15) is 0 Å². The predicted molar refractivity (Wildman–Crippen MR) is 68.1 cm³/mol. The molecule has 0 radical (unpaired) electrons. The fraction of sp³-hybridized carbons (Fsp3) is 0.273. The molecule has 1 nitrogen and oxygen atoms in total. The van der Waals surface area contributed by atoms with Gasteiger partial charge < -0.3 is 5.73 Å². The lowest BCUT2D eigenvalue weighted by Gasteiger charge is -2.04. The van der Waals surface area contributed by atoms with Crippen LogP contribution in [0.5, 0.6) is 0 Å². The van der Waals surface area contributed by atoms with Gasteiger partial charge in [-0.3, -0.25) is 0 Å². The third-order valence-corrected chi connectivity index (χ3v) is 2.56. The van der Waals surface area contributed by atoms with Crippen LogP contribution in [-0.2, 0) is 0 Å². The summed E-state index contributed by atoms with van der Waals surface area (Å²) in [6, 6.07) is 3.78. The van der Waals surface area contributed by atoms with Crippen LogP contribution in [-0.4, -0.2) is 5.75 Å². The van der Waals surface area contributed by atoms with Gasteiger partial charge >= 0.3 is 0 Å². The average Bonchev–Trinajstić information content (AvgIpc) is 2.14. The molecule has 1 aromatic carbocycles. The van der Waals surface area contributed by atoms with Gasteiger partial charge in [0.2, 0.25) is 0 Å². The summed E-state index contributed by atoms with van der Waals surface area (Å²) in [7, 11) is 0. The summed E-state index contributed by atoms with van der Waals surface area (Å²) in [5, 5.41) is 0.698. The summed E-state index contributed by atoms with van der Waals surface area (Å²) in [6.45, 7) is 1.97. The van der Waals surface area contributed by atoms with E-state index >= 15 is 0 Å². The Kier molecular flexibility index (Phi) is 4.36. The van der Waals surface area contributed by atoms with Gasteiger partial charge in [0, 0.05) is 10.7 Å². The van der Waals surface area contributed by atoms with Crippen molar-refractivity contribution < 1.29 is 0 Å². The number of thiol groups is 1. The molecule has 76 valence electrons. The highest BCUT2D eigenvalue weighted by Gasteiger charge is 2.00. The summed E-state index contributed by atoms with van der Waals surface area (Å²) < 4.78 is 0. The van der Waals surface area contributed by atoms with Crippen molar-refractivity contribution in [3.05, 3.63) is 34.4 Å². The number of aryl methyl sites for hydroxylation is 1. The third kappa shape index (κ3) is 2.96. The molecule has 0 aliphatic heterocycles. The second kappa shape index (κ2) is 5.32. The maximum atomic E-state index is 6.03. The number of anilines is 1. The molecule has 0 spiro atoms. The summed E-state index contributed by atoms with van der Waals surface area (Å²) in [6.07, 6.45) is 5.01. The first kappa shape index (κ1) is 11.5. The molecule has 0 amide bonds. The first-order valence-electron chi connectivity index (χ1n) is 4.48. The first-order chi connectivity index (χ1) is 6.65. The van der Waals surface area contributed by atoms with Gasteiger partial charge in [-0.05, 0) is 42.4 Å². The summed E-state index contributed by atoms with van der Waals surface area (Å²) >= 11 is 10.2. The number of nitrogens with two attached hydrogens (primary N) is 1. The number of benzene rings is 1. The Hall–Kier alpha value is -0.600. The predicted octanol–water partition coefficient (Wildman–Crippen LogP) is 3.56. The van der Waals surface area contributed by atoms with E-state index in [1.807, 2.05) is 19.1 Å². The Morgan fingerprint density at radius 3 is 2.86 bits per heavy atom. The number of halogens is 1. The van der Waals surface area contributed by atoms with E-state index in [4.69, 9.17) is 17.3 Å². The second-order valence-electron chi connectivity index (χ2n) is 3.14. The molecule has 2 N–H and O–H groups in total. The lowest BCUT2D eigenvalue weighted by atomic mass is 10.1. The summed E-state index contributed by atoms with van der Waals surface area (Å²) in [5.74, 6) is 0.849. The molecular formula is C11H14ClNS. The topological polar surface area (TPSA) is 26.0 Å². The van der Waals surface area contributed by atoms with Crippen LogP contribution in [0, 0.1) is 6.92 Å². The monoisotopic (exact) mass is 227 g/mol. The summed E-state index contributed by atoms with van der Waals surface area (Å²) in [5.41, 5.74) is 8.53. The van der Waals surface area contributed by atoms with E-state index in [9.17, 15) is 0 Å². The smallest absolute Gasteiger partial charge is 0.0498 e. The molecule has 3 heteroatoms. The molecular weight excluding hydrogens is 214 g/mol. The molecule has 0 aliphatic rings. The average molecular weight is 228 g/mol. The van der Waals surface area contributed by atoms with Gasteiger partial charge in [0.15, 0.2) is 0 Å². The number of rotatable bonds is 3. The van der Waals surface area contributed by atoms with E-state index in [1.165, 1.54) is 0 Å². The highest BCUT2D eigenvalue weighted by atomic mass is 35.5. The van der Waals surface area contributed by atoms with Crippen molar-refractivity contribution in [2.45, 2.75) is 13.3 Å². The largest absolute Gasteiger partial charge is 0.398 e. The van der Waals surface area contributed by atoms with E-state index in [2.05, 4.69) is 18.7 Å². The molecule has 1 rings (SSSR count). The Bertz CT molecular complexity index is 347. The molecule has 0 heterocycles. The van der Waals surface area contributed by atoms with E-state index in [0.29, 0.717) is 5.02 Å². The highest BCUT2D eigenvalue weighted by Crippen LogP contribution is 2.23. The number of hydrogen-bond acceptors (Lipinski definition) is 2. The van der Waals surface area contributed by atoms with Crippen molar-refractivity contribution in [3.63, 3.8) is 0 Å². The van der Waals surface area contributed by atoms with Crippen LogP contribution in [0.4, 0.5) is 5.69 Å². The van der Waals surface area contributed by atoms with Crippen molar-refractivity contribution in [3.8, 4) is 0 Å². The van der Waals surface area contributed by atoms with Gasteiger partial charge in [0.25, 0.3) is 0 Å². The standard InChI is InChI=1S/C11H14ClNS/c1-8-6-9(4-2-3-5-14)10(12)7-11(8)13/h2,4,6-7,14H,3,5,13H2,1H3. The zero-order valence-electron chi connectivity index (χ0n) is 8.13. The van der Waals surface area contributed by atoms with E-state index in [1.54, 1.807) is 6.07 Å². The molecule has 0 aromatic heterocycles. The van der Waals surface area contributed by atoms with Gasteiger partial charge in [-0.15, -0.1) is 0 Å². The fourth-order valence-corrected chi connectivity index (χ4v) is 1.52. The van der Waals surface area contributed by atoms with Crippen LogP contribution >= 0.6 is 24.2 Å². The van der Waals surface area contributed by atoms with Crippen molar-refractivity contribution >= 4 is 36.0 Å². The Balaban J connectivity index is 2.92. The van der Waals surface area contributed by atoms with E-state index in [-0.39, 0.29) is 0 Å². The molecule has 14 heavy (non-hydrogen) atoms. The lowest BCUT2D eigenvalue weighted by molar-refractivity contribution is 1.26. The zero-order valence-corrected chi connectivity index (χ0v) is 9.78. The maximum absolute atomic E-state index is 6.03. The van der Waals surface area contributed by atoms with Crippen LogP contribution in [0.3, 0.4) is 0 Å². The second-order valence-corrected chi connectivity index (χ2v) is 4.00. The highest BCUT2D eigenvalue weighted by molar-refractivity contribution is 7.80. The van der Waals surface area contributed by atoms with Crippen LogP contribution in [0.15, 0.2) is 18.2 Å². The molecule has 0 saturated carbocycles. The van der Waals surface area contributed by atoms with Crippen molar-refractivity contribution in [1.82, 2.24) is 0 Å². The summed E-state index contributed by atoms with van der Waals surface area (Å²) in [4.78, 5) is 0. The van der Waals surface area contributed by atoms with Gasteiger partial charge in [-0.2, -0.15) is 12.6 Å². The van der Waals surface area contributed by atoms with Crippen LogP contribution in [0.25, 0.3) is 6.08 Å². The number of nitrogen functional groups attached to an aromatic ring is 1. The SMILES string of the molecule is Cc1cc(C=CCCS)c(Cl)cc1N. The van der Waals surface area contributed by atoms with E-state index < -0.39 is 0 Å². The molecule has 0 bridgehead atoms.